The predicted octanol–water partition coefficient (Wildman–Crippen LogP) is 1.76. The van der Waals surface area contributed by atoms with Crippen LogP contribution in [0.4, 0.5) is 0 Å². The number of aryl methyl sites for hydroxylation is 1. The molecule has 0 bridgehead atoms. The van der Waals surface area contributed by atoms with E-state index in [0.29, 0.717) is 11.6 Å². The highest BCUT2D eigenvalue weighted by atomic mass is 32.1. The molecule has 25 heavy (non-hydrogen) atoms. The van der Waals surface area contributed by atoms with E-state index in [1.807, 2.05) is 13.8 Å². The molecule has 1 aliphatic carbocycles. The number of amides is 1. The van der Waals surface area contributed by atoms with Crippen LogP contribution in [0, 0.1) is 5.92 Å². The first kappa shape index (κ1) is 16.3. The average molecular weight is 359 g/mol. The first-order valence-electron chi connectivity index (χ1n) is 8.62. The molecule has 0 saturated heterocycles. The second kappa shape index (κ2) is 5.94. The zero-order valence-corrected chi connectivity index (χ0v) is 15.4. The maximum atomic E-state index is 12.6. The number of hydrogen-bond donors (Lipinski definition) is 1. The molecule has 0 aliphatic heterocycles. The van der Waals surface area contributed by atoms with Gasteiger partial charge in [-0.2, -0.15) is 0 Å². The van der Waals surface area contributed by atoms with Crippen molar-refractivity contribution in [2.24, 2.45) is 5.92 Å². The minimum atomic E-state index is -0.326. The Bertz CT molecular complexity index is 1030. The first-order chi connectivity index (χ1) is 11.9. The Hall–Kier alpha value is -2.22. The van der Waals surface area contributed by atoms with Gasteiger partial charge in [-0.1, -0.05) is 6.92 Å². The lowest BCUT2D eigenvalue weighted by Gasteiger charge is -2.17. The molecule has 1 unspecified atom stereocenters. The van der Waals surface area contributed by atoms with Gasteiger partial charge in [0.25, 0.3) is 0 Å². The maximum Gasteiger partial charge on any atom is 0.352 e. The van der Waals surface area contributed by atoms with Crippen LogP contribution in [0.1, 0.15) is 37.6 Å². The van der Waals surface area contributed by atoms with Crippen LogP contribution in [-0.4, -0.2) is 31.1 Å². The fourth-order valence-electron chi connectivity index (χ4n) is 3.47. The van der Waals surface area contributed by atoms with E-state index in [9.17, 15) is 9.59 Å². The van der Waals surface area contributed by atoms with E-state index in [0.717, 1.165) is 29.5 Å². The van der Waals surface area contributed by atoms with Crippen molar-refractivity contribution in [1.82, 2.24) is 24.5 Å². The van der Waals surface area contributed by atoms with Crippen LogP contribution >= 0.6 is 11.3 Å². The van der Waals surface area contributed by atoms with Crippen molar-refractivity contribution in [3.8, 4) is 0 Å². The smallest absolute Gasteiger partial charge is 0.352 e. The zero-order valence-electron chi connectivity index (χ0n) is 14.6. The van der Waals surface area contributed by atoms with Crippen molar-refractivity contribution in [3.05, 3.63) is 27.3 Å². The molecule has 132 valence electrons. The molecule has 8 heteroatoms. The third kappa shape index (κ3) is 2.74. The second-order valence-corrected chi connectivity index (χ2v) is 8.22. The average Bonchev–Trinajstić information content (AvgIpc) is 3.04. The van der Waals surface area contributed by atoms with Crippen LogP contribution in [0.3, 0.4) is 0 Å². The van der Waals surface area contributed by atoms with Crippen molar-refractivity contribution in [3.63, 3.8) is 0 Å². The molecule has 7 nitrogen and oxygen atoms in total. The minimum absolute atomic E-state index is 0.0273. The molecule has 1 atom stereocenters. The van der Waals surface area contributed by atoms with Gasteiger partial charge in [-0.15, -0.1) is 16.4 Å². The van der Waals surface area contributed by atoms with Crippen molar-refractivity contribution in [2.45, 2.75) is 52.6 Å². The second-order valence-electron chi connectivity index (χ2n) is 7.13. The zero-order chi connectivity index (χ0) is 17.7. The summed E-state index contributed by atoms with van der Waals surface area (Å²) >= 11 is 1.70. The summed E-state index contributed by atoms with van der Waals surface area (Å²) in [6.45, 7) is 5.96. The number of aromatic nitrogens is 4. The lowest BCUT2D eigenvalue weighted by Crippen LogP contribution is -2.36. The van der Waals surface area contributed by atoms with Crippen molar-refractivity contribution in [2.75, 3.05) is 0 Å². The van der Waals surface area contributed by atoms with Crippen LogP contribution in [-0.2, 0) is 24.2 Å². The van der Waals surface area contributed by atoms with Crippen LogP contribution < -0.4 is 11.0 Å². The van der Waals surface area contributed by atoms with Gasteiger partial charge in [-0.05, 0) is 44.6 Å². The monoisotopic (exact) mass is 359 g/mol. The summed E-state index contributed by atoms with van der Waals surface area (Å²) in [5.41, 5.74) is 1.56. The Morgan fingerprint density at radius 2 is 2.28 bits per heavy atom. The Morgan fingerprint density at radius 1 is 1.48 bits per heavy atom. The van der Waals surface area contributed by atoms with Gasteiger partial charge in [0.1, 0.15) is 17.7 Å². The third-order valence-corrected chi connectivity index (χ3v) is 5.78. The Kier molecular flexibility index (Phi) is 3.87. The summed E-state index contributed by atoms with van der Waals surface area (Å²) < 4.78 is 2.68. The molecule has 1 amide bonds. The van der Waals surface area contributed by atoms with Crippen LogP contribution in [0.15, 0.2) is 11.1 Å². The molecular weight excluding hydrogens is 338 g/mol. The summed E-state index contributed by atoms with van der Waals surface area (Å²) in [7, 11) is 0. The quantitative estimate of drug-likeness (QED) is 0.772. The van der Waals surface area contributed by atoms with E-state index < -0.39 is 0 Å². The van der Waals surface area contributed by atoms with Gasteiger partial charge in [0.05, 0.1) is 5.39 Å². The minimum Gasteiger partial charge on any atom is -0.352 e. The van der Waals surface area contributed by atoms with Gasteiger partial charge in [0.2, 0.25) is 5.91 Å². The topological polar surface area (TPSA) is 81.3 Å². The highest BCUT2D eigenvalue weighted by molar-refractivity contribution is 7.19. The Labute approximate surface area is 148 Å². The molecule has 0 fully saturated rings. The molecule has 1 aliphatic rings. The number of fused-ring (bicyclic) bond motifs is 5. The van der Waals surface area contributed by atoms with E-state index in [1.165, 1.54) is 25.9 Å². The SMILES string of the molecule is CC1CCc2c(sc3ncn4c(=O)n(CC(=O)NC(C)C)nc4c23)C1. The van der Waals surface area contributed by atoms with E-state index in [2.05, 4.69) is 22.3 Å². The van der Waals surface area contributed by atoms with Crippen LogP contribution in [0.5, 0.6) is 0 Å². The van der Waals surface area contributed by atoms with Crippen molar-refractivity contribution < 1.29 is 4.79 Å². The van der Waals surface area contributed by atoms with E-state index in [-0.39, 0.29) is 24.2 Å². The van der Waals surface area contributed by atoms with Gasteiger partial charge < -0.3 is 5.32 Å². The lowest BCUT2D eigenvalue weighted by molar-refractivity contribution is -0.122. The van der Waals surface area contributed by atoms with Crippen molar-refractivity contribution in [1.29, 1.82) is 0 Å². The predicted molar refractivity (Wildman–Crippen MR) is 97.1 cm³/mol. The molecule has 0 aromatic carbocycles. The number of carbonyl (C=O) groups excluding carboxylic acids is 1. The molecule has 0 radical (unpaired) electrons. The summed E-state index contributed by atoms with van der Waals surface area (Å²) in [5.74, 6) is 0.460. The van der Waals surface area contributed by atoms with Crippen molar-refractivity contribution >= 4 is 33.1 Å². The summed E-state index contributed by atoms with van der Waals surface area (Å²) in [4.78, 5) is 31.3. The number of thiophene rings is 1. The maximum absolute atomic E-state index is 12.6. The molecule has 4 rings (SSSR count). The largest absolute Gasteiger partial charge is 0.352 e. The van der Waals surface area contributed by atoms with Crippen LogP contribution in [0.25, 0.3) is 15.9 Å². The fraction of sp³-hybridized carbons (Fsp3) is 0.529. The molecule has 0 spiro atoms. The molecule has 3 aromatic heterocycles. The van der Waals surface area contributed by atoms with Gasteiger partial charge in [0, 0.05) is 10.9 Å². The van der Waals surface area contributed by atoms with Gasteiger partial charge >= 0.3 is 5.69 Å². The molecule has 0 saturated carbocycles. The van der Waals surface area contributed by atoms with Crippen LogP contribution in [0.2, 0.25) is 0 Å². The molecular formula is C17H21N5O2S. The van der Waals surface area contributed by atoms with E-state index in [1.54, 1.807) is 11.3 Å². The summed E-state index contributed by atoms with van der Waals surface area (Å²) in [5, 5.41) is 8.23. The number of carbonyl (C=O) groups is 1. The molecule has 3 aromatic rings. The third-order valence-electron chi connectivity index (χ3n) is 4.62. The highest BCUT2D eigenvalue weighted by Crippen LogP contribution is 2.38. The standard InChI is InChI=1S/C17H21N5O2S/c1-9(2)19-13(23)7-22-17(24)21-8-18-16-14(15(21)20-22)11-5-4-10(3)6-12(11)25-16/h8-10H,4-7H2,1-3H3,(H,19,23). The van der Waals surface area contributed by atoms with E-state index >= 15 is 0 Å². The molecule has 1 N–H and O–H groups in total. The number of nitrogens with one attached hydrogen (secondary N) is 1. The number of rotatable bonds is 3. The number of nitrogens with zero attached hydrogens (tertiary/aromatic N) is 4. The fourth-order valence-corrected chi connectivity index (χ4v) is 4.81. The van der Waals surface area contributed by atoms with E-state index in [4.69, 9.17) is 0 Å². The number of hydrogen-bond acceptors (Lipinski definition) is 5. The highest BCUT2D eigenvalue weighted by Gasteiger charge is 2.24. The summed E-state index contributed by atoms with van der Waals surface area (Å²) in [6, 6.07) is 0.0273. The lowest BCUT2D eigenvalue weighted by atomic mass is 9.89. The van der Waals surface area contributed by atoms with Gasteiger partial charge in [-0.25, -0.2) is 18.9 Å². The molecule has 3 heterocycles. The Balaban J connectivity index is 1.84. The Morgan fingerprint density at radius 3 is 3.04 bits per heavy atom. The first-order valence-corrected chi connectivity index (χ1v) is 9.43. The van der Waals surface area contributed by atoms with Gasteiger partial charge in [0.15, 0.2) is 5.65 Å². The van der Waals surface area contributed by atoms with Gasteiger partial charge in [-0.3, -0.25) is 4.79 Å². The summed E-state index contributed by atoms with van der Waals surface area (Å²) in [6.07, 6.45) is 4.72. The normalized spacial score (nSPS) is 17.4.